The van der Waals surface area contributed by atoms with Crippen LogP contribution < -0.4 is 10.5 Å². The zero-order chi connectivity index (χ0) is 12.3. The molecule has 1 saturated carbocycles. The Balaban J connectivity index is 1.96. The molecule has 0 spiro atoms. The van der Waals surface area contributed by atoms with E-state index in [1.54, 1.807) is 0 Å². The van der Waals surface area contributed by atoms with Gasteiger partial charge in [0, 0.05) is 17.4 Å². The van der Waals surface area contributed by atoms with Crippen LogP contribution in [0.25, 0.3) is 0 Å². The molecule has 1 aliphatic rings. The first-order chi connectivity index (χ1) is 8.15. The molecule has 17 heavy (non-hydrogen) atoms. The van der Waals surface area contributed by atoms with Crippen molar-refractivity contribution in [3.05, 3.63) is 29.8 Å². The van der Waals surface area contributed by atoms with E-state index in [1.807, 2.05) is 24.3 Å². The number of benzene rings is 1. The van der Waals surface area contributed by atoms with Crippen molar-refractivity contribution in [2.24, 2.45) is 11.1 Å². The lowest BCUT2D eigenvalue weighted by atomic mass is 10.0. The van der Waals surface area contributed by atoms with Crippen LogP contribution in [0.5, 0.6) is 5.75 Å². The number of thiocarbonyl (C=S) groups is 1. The summed E-state index contributed by atoms with van der Waals surface area (Å²) in [6, 6.07) is 7.53. The van der Waals surface area contributed by atoms with E-state index in [4.69, 9.17) is 22.7 Å². The maximum absolute atomic E-state index is 9.19. The fourth-order valence-corrected chi connectivity index (χ4v) is 2.23. The molecule has 0 atom stereocenters. The molecular weight excluding hydrogens is 234 g/mol. The molecule has 1 fully saturated rings. The third-order valence-electron chi connectivity index (χ3n) is 3.18. The minimum atomic E-state index is -0.00151. The number of aliphatic hydroxyl groups is 1. The third kappa shape index (κ3) is 3.17. The normalized spacial score (nSPS) is 16.5. The third-order valence-corrected chi connectivity index (χ3v) is 3.33. The van der Waals surface area contributed by atoms with E-state index in [1.165, 1.54) is 0 Å². The van der Waals surface area contributed by atoms with E-state index in [-0.39, 0.29) is 12.0 Å². The molecule has 1 aromatic rings. The van der Waals surface area contributed by atoms with E-state index in [0.29, 0.717) is 11.6 Å². The molecule has 0 aromatic heterocycles. The summed E-state index contributed by atoms with van der Waals surface area (Å²) in [7, 11) is 0. The maximum Gasteiger partial charge on any atom is 0.124 e. The van der Waals surface area contributed by atoms with Gasteiger partial charge < -0.3 is 15.6 Å². The van der Waals surface area contributed by atoms with E-state index in [2.05, 4.69) is 0 Å². The second kappa shape index (κ2) is 5.02. The van der Waals surface area contributed by atoms with Gasteiger partial charge in [0.2, 0.25) is 0 Å². The molecule has 0 aliphatic heterocycles. The molecule has 1 aliphatic carbocycles. The van der Waals surface area contributed by atoms with Gasteiger partial charge >= 0.3 is 0 Å². The van der Waals surface area contributed by atoms with Crippen LogP contribution in [0, 0.1) is 5.41 Å². The summed E-state index contributed by atoms with van der Waals surface area (Å²) in [5, 5.41) is 9.19. The van der Waals surface area contributed by atoms with Gasteiger partial charge in [-0.3, -0.25) is 0 Å². The predicted molar refractivity (Wildman–Crippen MR) is 70.9 cm³/mol. The first-order valence-electron chi connectivity index (χ1n) is 5.75. The topological polar surface area (TPSA) is 55.5 Å². The van der Waals surface area contributed by atoms with Crippen LogP contribution in [0.2, 0.25) is 0 Å². The van der Waals surface area contributed by atoms with E-state index in [9.17, 15) is 5.11 Å². The molecule has 0 saturated heterocycles. The molecular formula is C13H17NO2S. The average molecular weight is 251 g/mol. The molecule has 3 nitrogen and oxygen atoms in total. The van der Waals surface area contributed by atoms with Gasteiger partial charge in [-0.05, 0) is 18.9 Å². The fourth-order valence-electron chi connectivity index (χ4n) is 1.92. The number of ether oxygens (including phenoxy) is 1. The van der Waals surface area contributed by atoms with Gasteiger partial charge in [0.1, 0.15) is 5.75 Å². The molecule has 0 radical (unpaired) electrons. The molecule has 92 valence electrons. The Morgan fingerprint density at radius 1 is 1.41 bits per heavy atom. The lowest BCUT2D eigenvalue weighted by Gasteiger charge is -2.16. The van der Waals surface area contributed by atoms with Crippen molar-refractivity contribution in [3.8, 4) is 5.75 Å². The summed E-state index contributed by atoms with van der Waals surface area (Å²) in [5.74, 6) is 0.754. The Morgan fingerprint density at radius 3 is 2.71 bits per heavy atom. The Bertz CT molecular complexity index is 416. The fraction of sp³-hybridized carbons (Fsp3) is 0.462. The van der Waals surface area contributed by atoms with E-state index < -0.39 is 0 Å². The molecule has 4 heteroatoms. The highest BCUT2D eigenvalue weighted by molar-refractivity contribution is 7.80. The minimum absolute atomic E-state index is 0.00151. The Hall–Kier alpha value is -1.13. The number of aliphatic hydroxyl groups excluding tert-OH is 1. The van der Waals surface area contributed by atoms with Gasteiger partial charge in [-0.2, -0.15) is 0 Å². The van der Waals surface area contributed by atoms with Crippen molar-refractivity contribution < 1.29 is 9.84 Å². The number of hydrogen-bond acceptors (Lipinski definition) is 3. The first-order valence-corrected chi connectivity index (χ1v) is 6.16. The summed E-state index contributed by atoms with van der Waals surface area (Å²) in [5.41, 5.74) is 6.54. The van der Waals surface area contributed by atoms with Crippen LogP contribution in [-0.4, -0.2) is 16.7 Å². The van der Waals surface area contributed by atoms with Gasteiger partial charge in [0.05, 0.1) is 18.2 Å². The first kappa shape index (κ1) is 12.3. The van der Waals surface area contributed by atoms with Crippen LogP contribution >= 0.6 is 12.2 Å². The SMILES string of the molecule is NC(=S)CC1(COc2ccccc2CO)CC1. The van der Waals surface area contributed by atoms with Gasteiger partial charge in [-0.1, -0.05) is 30.4 Å². The second-order valence-electron chi connectivity index (χ2n) is 4.70. The van der Waals surface area contributed by atoms with Crippen LogP contribution in [0.1, 0.15) is 24.8 Å². The number of para-hydroxylation sites is 1. The highest BCUT2D eigenvalue weighted by Crippen LogP contribution is 2.49. The van der Waals surface area contributed by atoms with Crippen LogP contribution in [0.15, 0.2) is 24.3 Å². The van der Waals surface area contributed by atoms with Crippen molar-refractivity contribution in [3.63, 3.8) is 0 Å². The van der Waals surface area contributed by atoms with Gasteiger partial charge in [-0.15, -0.1) is 0 Å². The Labute approximate surface area is 107 Å². The Kier molecular flexibility index (Phi) is 3.64. The van der Waals surface area contributed by atoms with E-state index in [0.717, 1.165) is 30.6 Å². The summed E-state index contributed by atoms with van der Waals surface area (Å²) in [4.78, 5) is 0.557. The molecule has 0 unspecified atom stereocenters. The largest absolute Gasteiger partial charge is 0.493 e. The monoisotopic (exact) mass is 251 g/mol. The van der Waals surface area contributed by atoms with Crippen molar-refractivity contribution in [2.75, 3.05) is 6.61 Å². The quantitative estimate of drug-likeness (QED) is 0.759. The zero-order valence-electron chi connectivity index (χ0n) is 9.69. The molecule has 0 heterocycles. The molecule has 2 rings (SSSR count). The van der Waals surface area contributed by atoms with Crippen molar-refractivity contribution >= 4 is 17.2 Å². The molecule has 0 bridgehead atoms. The summed E-state index contributed by atoms with van der Waals surface area (Å²) in [6.07, 6.45) is 2.99. The number of rotatable bonds is 6. The van der Waals surface area contributed by atoms with Gasteiger partial charge in [-0.25, -0.2) is 0 Å². The van der Waals surface area contributed by atoms with Crippen LogP contribution in [0.3, 0.4) is 0 Å². The summed E-state index contributed by atoms with van der Waals surface area (Å²) < 4.78 is 5.78. The average Bonchev–Trinajstić information content (AvgIpc) is 3.06. The maximum atomic E-state index is 9.19. The van der Waals surface area contributed by atoms with Crippen molar-refractivity contribution in [1.29, 1.82) is 0 Å². The smallest absolute Gasteiger partial charge is 0.124 e. The highest BCUT2D eigenvalue weighted by atomic mass is 32.1. The van der Waals surface area contributed by atoms with Crippen molar-refractivity contribution in [1.82, 2.24) is 0 Å². The van der Waals surface area contributed by atoms with Crippen LogP contribution in [-0.2, 0) is 6.61 Å². The summed E-state index contributed by atoms with van der Waals surface area (Å²) in [6.45, 7) is 0.625. The van der Waals surface area contributed by atoms with Gasteiger partial charge in [0.15, 0.2) is 0 Å². The van der Waals surface area contributed by atoms with Crippen LogP contribution in [0.4, 0.5) is 0 Å². The highest BCUT2D eigenvalue weighted by Gasteiger charge is 2.43. The van der Waals surface area contributed by atoms with E-state index >= 15 is 0 Å². The standard InChI is InChI=1S/C13H17NO2S/c14-12(17)7-13(5-6-13)9-16-11-4-2-1-3-10(11)8-15/h1-4,15H,5-9H2,(H2,14,17). The van der Waals surface area contributed by atoms with Gasteiger partial charge in [0.25, 0.3) is 0 Å². The molecule has 3 N–H and O–H groups in total. The molecule has 0 amide bonds. The van der Waals surface area contributed by atoms with Crippen molar-refractivity contribution in [2.45, 2.75) is 25.9 Å². The zero-order valence-corrected chi connectivity index (χ0v) is 10.5. The molecule has 1 aromatic carbocycles. The number of nitrogens with two attached hydrogens (primary N) is 1. The summed E-state index contributed by atoms with van der Waals surface area (Å²) >= 11 is 4.95. The lowest BCUT2D eigenvalue weighted by molar-refractivity contribution is 0.225. The minimum Gasteiger partial charge on any atom is -0.493 e. The Morgan fingerprint density at radius 2 is 2.12 bits per heavy atom. The second-order valence-corrected chi connectivity index (χ2v) is 5.22. The lowest BCUT2D eigenvalue weighted by Crippen LogP contribution is -2.21. The number of hydrogen-bond donors (Lipinski definition) is 2. The predicted octanol–water partition coefficient (Wildman–Crippen LogP) is 2.01.